The van der Waals surface area contributed by atoms with E-state index in [1.54, 1.807) is 18.1 Å². The molecule has 0 aliphatic heterocycles. The Bertz CT molecular complexity index is 887. The lowest BCUT2D eigenvalue weighted by atomic mass is 10.1. The quantitative estimate of drug-likeness (QED) is 0.688. The van der Waals surface area contributed by atoms with Crippen molar-refractivity contribution in [1.82, 2.24) is 24.9 Å². The fourth-order valence-corrected chi connectivity index (χ4v) is 2.95. The van der Waals surface area contributed by atoms with Crippen molar-refractivity contribution in [2.45, 2.75) is 19.6 Å². The van der Waals surface area contributed by atoms with Crippen molar-refractivity contribution in [1.29, 1.82) is 0 Å². The van der Waals surface area contributed by atoms with Crippen LogP contribution in [0.1, 0.15) is 16.7 Å². The molecule has 0 fully saturated rings. The van der Waals surface area contributed by atoms with Crippen LogP contribution in [0.4, 0.5) is 4.79 Å². The average molecular weight is 377 g/mol. The lowest BCUT2D eigenvalue weighted by Gasteiger charge is -2.17. The number of carbonyl (C=O) groups excluding carboxylic acids is 1. The predicted octanol–water partition coefficient (Wildman–Crippen LogP) is 3.28. The van der Waals surface area contributed by atoms with Crippen molar-refractivity contribution in [3.63, 3.8) is 0 Å². The van der Waals surface area contributed by atoms with Crippen LogP contribution in [0.15, 0.2) is 67.0 Å². The summed E-state index contributed by atoms with van der Waals surface area (Å²) in [7, 11) is 5.89. The van der Waals surface area contributed by atoms with Crippen molar-refractivity contribution in [2.24, 2.45) is 0 Å². The van der Waals surface area contributed by atoms with Crippen LogP contribution in [0.5, 0.6) is 0 Å². The molecule has 1 aromatic heterocycles. The normalized spacial score (nSPS) is 10.9. The molecule has 6 heteroatoms. The number of carbonyl (C=O) groups is 1. The smallest absolute Gasteiger partial charge is 0.317 e. The van der Waals surface area contributed by atoms with Gasteiger partial charge in [-0.15, -0.1) is 0 Å². The zero-order valence-corrected chi connectivity index (χ0v) is 16.7. The van der Waals surface area contributed by atoms with Gasteiger partial charge in [-0.1, -0.05) is 42.5 Å². The summed E-state index contributed by atoms with van der Waals surface area (Å²) < 4.78 is 1.82. The van der Waals surface area contributed by atoms with Gasteiger partial charge in [-0.25, -0.2) is 9.48 Å². The third-order valence-corrected chi connectivity index (χ3v) is 4.39. The molecule has 0 radical (unpaired) electrons. The van der Waals surface area contributed by atoms with Gasteiger partial charge in [0.05, 0.1) is 18.4 Å². The van der Waals surface area contributed by atoms with Crippen LogP contribution in [-0.2, 0) is 19.6 Å². The highest BCUT2D eigenvalue weighted by molar-refractivity contribution is 5.73. The van der Waals surface area contributed by atoms with E-state index in [0.717, 1.165) is 23.4 Å². The summed E-state index contributed by atoms with van der Waals surface area (Å²) in [6, 6.07) is 18.1. The van der Waals surface area contributed by atoms with Gasteiger partial charge in [0.2, 0.25) is 0 Å². The highest BCUT2D eigenvalue weighted by Gasteiger charge is 2.10. The fraction of sp³-hybridized carbons (Fsp3) is 0.273. The highest BCUT2D eigenvalue weighted by Crippen LogP contribution is 2.10. The van der Waals surface area contributed by atoms with Crippen LogP contribution in [0.25, 0.3) is 5.69 Å². The largest absolute Gasteiger partial charge is 0.334 e. The molecule has 2 amide bonds. The van der Waals surface area contributed by atoms with Crippen molar-refractivity contribution in [2.75, 3.05) is 21.1 Å². The van der Waals surface area contributed by atoms with Gasteiger partial charge in [-0.3, -0.25) is 0 Å². The Morgan fingerprint density at radius 3 is 2.29 bits per heavy atom. The SMILES string of the molecule is CN(C)Cc1ccc(CNC(=O)N(C)Cc2cnn(-c3ccccc3)c2)cc1. The number of hydrogen-bond donors (Lipinski definition) is 1. The molecule has 0 aliphatic rings. The van der Waals surface area contributed by atoms with Crippen LogP contribution < -0.4 is 5.32 Å². The summed E-state index contributed by atoms with van der Waals surface area (Å²) in [4.78, 5) is 16.2. The monoisotopic (exact) mass is 377 g/mol. The Kier molecular flexibility index (Phi) is 6.45. The van der Waals surface area contributed by atoms with Gasteiger partial charge in [-0.05, 0) is 37.4 Å². The predicted molar refractivity (Wildman–Crippen MR) is 111 cm³/mol. The molecular weight excluding hydrogens is 350 g/mol. The van der Waals surface area contributed by atoms with Crippen molar-refractivity contribution in [3.05, 3.63) is 83.7 Å². The standard InChI is InChI=1S/C22H27N5O/c1-25(2)15-19-11-9-18(10-12-19)13-23-22(28)26(3)16-20-14-24-27(17-20)21-7-5-4-6-8-21/h4-12,14,17H,13,15-16H2,1-3H3,(H,23,28). The molecule has 1 N–H and O–H groups in total. The van der Waals surface area contributed by atoms with Crippen LogP contribution >= 0.6 is 0 Å². The van der Waals surface area contributed by atoms with Gasteiger partial charge in [0.25, 0.3) is 0 Å². The number of benzene rings is 2. The Labute approximate surface area is 166 Å². The van der Waals surface area contributed by atoms with E-state index in [-0.39, 0.29) is 6.03 Å². The molecule has 0 bridgehead atoms. The number of aromatic nitrogens is 2. The van der Waals surface area contributed by atoms with E-state index in [4.69, 9.17) is 0 Å². The molecule has 0 aliphatic carbocycles. The minimum absolute atomic E-state index is 0.107. The van der Waals surface area contributed by atoms with Gasteiger partial charge in [-0.2, -0.15) is 5.10 Å². The molecule has 6 nitrogen and oxygen atoms in total. The van der Waals surface area contributed by atoms with E-state index < -0.39 is 0 Å². The van der Waals surface area contributed by atoms with Gasteiger partial charge >= 0.3 is 6.03 Å². The number of nitrogens with zero attached hydrogens (tertiary/aromatic N) is 4. The minimum Gasteiger partial charge on any atom is -0.334 e. The lowest BCUT2D eigenvalue weighted by Crippen LogP contribution is -2.36. The molecule has 0 saturated carbocycles. The molecule has 0 saturated heterocycles. The summed E-state index contributed by atoms with van der Waals surface area (Å²) in [5.41, 5.74) is 4.32. The van der Waals surface area contributed by atoms with Crippen molar-refractivity contribution in [3.8, 4) is 5.69 Å². The first-order valence-electron chi connectivity index (χ1n) is 9.32. The third-order valence-electron chi connectivity index (χ3n) is 4.39. The van der Waals surface area contributed by atoms with E-state index in [1.807, 2.05) is 55.3 Å². The molecule has 146 valence electrons. The Morgan fingerprint density at radius 1 is 0.929 bits per heavy atom. The van der Waals surface area contributed by atoms with Crippen molar-refractivity contribution >= 4 is 6.03 Å². The minimum atomic E-state index is -0.107. The number of para-hydroxylation sites is 1. The van der Waals surface area contributed by atoms with E-state index in [2.05, 4.69) is 39.6 Å². The molecule has 3 rings (SSSR count). The number of nitrogens with one attached hydrogen (secondary N) is 1. The molecule has 3 aromatic rings. The van der Waals surface area contributed by atoms with E-state index >= 15 is 0 Å². The van der Waals surface area contributed by atoms with E-state index in [9.17, 15) is 4.79 Å². The fourth-order valence-electron chi connectivity index (χ4n) is 2.95. The molecule has 0 spiro atoms. The van der Waals surface area contributed by atoms with Crippen LogP contribution in [0.2, 0.25) is 0 Å². The summed E-state index contributed by atoms with van der Waals surface area (Å²) in [6.45, 7) is 1.92. The number of rotatable bonds is 7. The topological polar surface area (TPSA) is 53.4 Å². The summed E-state index contributed by atoms with van der Waals surface area (Å²) in [5, 5.41) is 7.34. The van der Waals surface area contributed by atoms with Gasteiger partial charge in [0.1, 0.15) is 0 Å². The summed E-state index contributed by atoms with van der Waals surface area (Å²) in [6.07, 6.45) is 3.74. The Balaban J connectivity index is 1.50. The second-order valence-electron chi connectivity index (χ2n) is 7.20. The lowest BCUT2D eigenvalue weighted by molar-refractivity contribution is 0.206. The zero-order chi connectivity index (χ0) is 19.9. The number of hydrogen-bond acceptors (Lipinski definition) is 3. The second kappa shape index (κ2) is 9.19. The maximum Gasteiger partial charge on any atom is 0.317 e. The van der Waals surface area contributed by atoms with E-state index in [1.165, 1.54) is 5.56 Å². The van der Waals surface area contributed by atoms with Crippen LogP contribution in [0, 0.1) is 0 Å². The Morgan fingerprint density at radius 2 is 1.61 bits per heavy atom. The maximum absolute atomic E-state index is 12.4. The maximum atomic E-state index is 12.4. The molecule has 0 unspecified atom stereocenters. The molecular formula is C22H27N5O. The number of urea groups is 1. The van der Waals surface area contributed by atoms with Crippen LogP contribution in [-0.4, -0.2) is 46.8 Å². The highest BCUT2D eigenvalue weighted by atomic mass is 16.2. The molecule has 28 heavy (non-hydrogen) atoms. The molecule has 1 heterocycles. The van der Waals surface area contributed by atoms with Crippen molar-refractivity contribution < 1.29 is 4.79 Å². The summed E-state index contributed by atoms with van der Waals surface area (Å²) >= 11 is 0. The van der Waals surface area contributed by atoms with Gasteiger partial charge in [0.15, 0.2) is 0 Å². The zero-order valence-electron chi connectivity index (χ0n) is 16.7. The summed E-state index contributed by atoms with van der Waals surface area (Å²) in [5.74, 6) is 0. The average Bonchev–Trinajstić information content (AvgIpc) is 3.16. The van der Waals surface area contributed by atoms with Crippen LogP contribution in [0.3, 0.4) is 0 Å². The number of amides is 2. The Hall–Kier alpha value is -3.12. The first-order chi connectivity index (χ1) is 13.5. The molecule has 0 atom stereocenters. The van der Waals surface area contributed by atoms with Gasteiger partial charge in [0, 0.05) is 31.9 Å². The first-order valence-corrected chi connectivity index (χ1v) is 9.32. The first kappa shape index (κ1) is 19.6. The second-order valence-corrected chi connectivity index (χ2v) is 7.20. The third kappa shape index (κ3) is 5.44. The van der Waals surface area contributed by atoms with E-state index in [0.29, 0.717) is 13.1 Å². The van der Waals surface area contributed by atoms with Gasteiger partial charge < -0.3 is 15.1 Å². The molecule has 2 aromatic carbocycles.